The molecule has 1 rings (SSSR count). The van der Waals surface area contributed by atoms with Crippen LogP contribution >= 0.6 is 11.8 Å². The Balaban J connectivity index is 2.33. The van der Waals surface area contributed by atoms with E-state index in [1.165, 1.54) is 11.8 Å². The molecule has 2 unspecified atom stereocenters. The van der Waals surface area contributed by atoms with E-state index in [0.717, 1.165) is 6.42 Å². The molecule has 112 valence electrons. The predicted octanol–water partition coefficient (Wildman–Crippen LogP) is 1.96. The van der Waals surface area contributed by atoms with Gasteiger partial charge in [-0.05, 0) is 27.2 Å². The van der Waals surface area contributed by atoms with E-state index >= 15 is 0 Å². The van der Waals surface area contributed by atoms with Gasteiger partial charge in [0.2, 0.25) is 11.8 Å². The highest BCUT2D eigenvalue weighted by Crippen LogP contribution is 2.14. The first-order chi connectivity index (χ1) is 9.42. The molecule has 0 aliphatic carbocycles. The minimum atomic E-state index is -0.338. The number of aromatic nitrogens is 1. The van der Waals surface area contributed by atoms with E-state index in [1.807, 2.05) is 13.8 Å². The maximum atomic E-state index is 11.9. The first kappa shape index (κ1) is 16.6. The Bertz CT molecular complexity index is 461. The minimum absolute atomic E-state index is 0.0544. The zero-order valence-corrected chi connectivity index (χ0v) is 13.0. The van der Waals surface area contributed by atoms with Crippen molar-refractivity contribution in [3.05, 3.63) is 11.8 Å². The van der Waals surface area contributed by atoms with Gasteiger partial charge in [-0.2, -0.15) is 0 Å². The van der Waals surface area contributed by atoms with Crippen LogP contribution in [-0.2, 0) is 9.59 Å². The van der Waals surface area contributed by atoms with Gasteiger partial charge in [0, 0.05) is 12.1 Å². The summed E-state index contributed by atoms with van der Waals surface area (Å²) < 4.78 is 4.86. The predicted molar refractivity (Wildman–Crippen MR) is 79.7 cm³/mol. The number of nitrogens with zero attached hydrogens (tertiary/aromatic N) is 1. The molecular weight excluding hydrogens is 278 g/mol. The maximum Gasteiger partial charge on any atom is 0.238 e. The summed E-state index contributed by atoms with van der Waals surface area (Å²) in [4.78, 5) is 23.5. The fraction of sp³-hybridized carbons (Fsp3) is 0.615. The summed E-state index contributed by atoms with van der Waals surface area (Å²) in [6.45, 7) is 7.46. The first-order valence-corrected chi connectivity index (χ1v) is 7.62. The van der Waals surface area contributed by atoms with Crippen molar-refractivity contribution in [2.75, 3.05) is 11.1 Å². The second-order valence-corrected chi connectivity index (χ2v) is 5.97. The Morgan fingerprint density at radius 1 is 1.45 bits per heavy atom. The molecule has 1 heterocycles. The van der Waals surface area contributed by atoms with Crippen molar-refractivity contribution in [1.82, 2.24) is 10.5 Å². The number of carbonyl (C=O) groups excluding carboxylic acids is 2. The lowest BCUT2D eigenvalue weighted by atomic mass is 10.3. The molecule has 2 amide bonds. The molecule has 2 N–H and O–H groups in total. The molecule has 2 atom stereocenters. The molecule has 1 aromatic rings. The van der Waals surface area contributed by atoms with Crippen LogP contribution in [0.1, 0.15) is 33.0 Å². The summed E-state index contributed by atoms with van der Waals surface area (Å²) in [5, 5.41) is 8.85. The van der Waals surface area contributed by atoms with Crippen molar-refractivity contribution in [2.45, 2.75) is 45.4 Å². The Hall–Kier alpha value is -1.50. The molecule has 1 aromatic heterocycles. The number of hydrogen-bond acceptors (Lipinski definition) is 5. The fourth-order valence-corrected chi connectivity index (χ4v) is 2.04. The number of hydrogen-bond donors (Lipinski definition) is 2. The second kappa shape index (κ2) is 7.94. The highest BCUT2D eigenvalue weighted by atomic mass is 32.2. The SMILES string of the molecule is CCC(C)NC(=O)CSC(C)C(=O)Nc1cc(C)on1. The normalized spacial score (nSPS) is 13.6. The highest BCUT2D eigenvalue weighted by molar-refractivity contribution is 8.01. The Labute approximate surface area is 123 Å². The van der Waals surface area contributed by atoms with Gasteiger partial charge in [0.25, 0.3) is 0 Å². The molecule has 0 saturated carbocycles. The van der Waals surface area contributed by atoms with Crippen molar-refractivity contribution >= 4 is 29.4 Å². The third-order valence-corrected chi connectivity index (χ3v) is 3.88. The lowest BCUT2D eigenvalue weighted by molar-refractivity contribution is -0.119. The molecule has 0 aromatic carbocycles. The zero-order valence-electron chi connectivity index (χ0n) is 12.2. The monoisotopic (exact) mass is 299 g/mol. The van der Waals surface area contributed by atoms with Crippen LogP contribution in [0.15, 0.2) is 10.6 Å². The van der Waals surface area contributed by atoms with Gasteiger partial charge in [-0.3, -0.25) is 9.59 Å². The molecule has 0 radical (unpaired) electrons. The number of amides is 2. The van der Waals surface area contributed by atoms with Gasteiger partial charge in [-0.1, -0.05) is 12.1 Å². The molecule has 7 heteroatoms. The quantitative estimate of drug-likeness (QED) is 0.804. The van der Waals surface area contributed by atoms with Crippen LogP contribution in [0.4, 0.5) is 5.82 Å². The summed E-state index contributed by atoms with van der Waals surface area (Å²) in [5.74, 6) is 1.04. The van der Waals surface area contributed by atoms with E-state index in [2.05, 4.69) is 15.8 Å². The average Bonchev–Trinajstić information content (AvgIpc) is 2.81. The lowest BCUT2D eigenvalue weighted by Gasteiger charge is -2.13. The molecule has 0 aliphatic heterocycles. The van der Waals surface area contributed by atoms with Crippen LogP contribution in [0.2, 0.25) is 0 Å². The summed E-state index contributed by atoms with van der Waals surface area (Å²) in [7, 11) is 0. The van der Waals surface area contributed by atoms with E-state index in [4.69, 9.17) is 4.52 Å². The number of anilines is 1. The summed E-state index contributed by atoms with van der Waals surface area (Å²) >= 11 is 1.29. The summed E-state index contributed by atoms with van der Waals surface area (Å²) in [6.07, 6.45) is 0.887. The topological polar surface area (TPSA) is 84.2 Å². The molecule has 0 saturated heterocycles. The van der Waals surface area contributed by atoms with Gasteiger partial charge in [0.05, 0.1) is 11.0 Å². The second-order valence-electron chi connectivity index (χ2n) is 4.64. The van der Waals surface area contributed by atoms with E-state index < -0.39 is 0 Å². The van der Waals surface area contributed by atoms with Crippen molar-refractivity contribution in [3.63, 3.8) is 0 Å². The van der Waals surface area contributed by atoms with E-state index in [1.54, 1.807) is 19.9 Å². The van der Waals surface area contributed by atoms with Crippen molar-refractivity contribution in [2.24, 2.45) is 0 Å². The van der Waals surface area contributed by atoms with Gasteiger partial charge in [-0.15, -0.1) is 11.8 Å². The minimum Gasteiger partial charge on any atom is -0.360 e. The van der Waals surface area contributed by atoms with Crippen molar-refractivity contribution in [1.29, 1.82) is 0 Å². The molecule has 0 spiro atoms. The number of carbonyl (C=O) groups is 2. The Morgan fingerprint density at radius 3 is 2.70 bits per heavy atom. The fourth-order valence-electron chi connectivity index (χ4n) is 1.35. The van der Waals surface area contributed by atoms with Crippen molar-refractivity contribution in [3.8, 4) is 0 Å². The smallest absolute Gasteiger partial charge is 0.238 e. The summed E-state index contributed by atoms with van der Waals surface area (Å²) in [5.41, 5.74) is 0. The van der Waals surface area contributed by atoms with Gasteiger partial charge in [-0.25, -0.2) is 0 Å². The Morgan fingerprint density at radius 2 is 2.15 bits per heavy atom. The number of aryl methyl sites for hydroxylation is 1. The highest BCUT2D eigenvalue weighted by Gasteiger charge is 2.17. The third kappa shape index (κ3) is 5.64. The van der Waals surface area contributed by atoms with Gasteiger partial charge in [0.15, 0.2) is 5.82 Å². The molecule has 6 nitrogen and oxygen atoms in total. The molecule has 0 fully saturated rings. The molecule has 0 bridgehead atoms. The first-order valence-electron chi connectivity index (χ1n) is 6.57. The maximum absolute atomic E-state index is 11.9. The van der Waals surface area contributed by atoms with Gasteiger partial charge >= 0.3 is 0 Å². The van der Waals surface area contributed by atoms with Crippen LogP contribution in [-0.4, -0.2) is 34.0 Å². The van der Waals surface area contributed by atoms with Crippen LogP contribution in [0.5, 0.6) is 0 Å². The van der Waals surface area contributed by atoms with Crippen LogP contribution in [0, 0.1) is 6.92 Å². The number of thioether (sulfide) groups is 1. The number of nitrogens with one attached hydrogen (secondary N) is 2. The average molecular weight is 299 g/mol. The van der Waals surface area contributed by atoms with Gasteiger partial charge in [0.1, 0.15) is 5.76 Å². The van der Waals surface area contributed by atoms with Crippen LogP contribution in [0.3, 0.4) is 0 Å². The summed E-state index contributed by atoms with van der Waals surface area (Å²) in [6, 6.07) is 1.80. The molecular formula is C13H21N3O3S. The lowest BCUT2D eigenvalue weighted by Crippen LogP contribution is -2.34. The largest absolute Gasteiger partial charge is 0.360 e. The standard InChI is InChI=1S/C13H21N3O3S/c1-5-8(2)14-12(17)7-20-10(4)13(18)15-11-6-9(3)19-16-11/h6,8,10H,5,7H2,1-4H3,(H,14,17)(H,15,16,18). The van der Waals surface area contributed by atoms with Crippen molar-refractivity contribution < 1.29 is 14.1 Å². The van der Waals surface area contributed by atoms with E-state index in [-0.39, 0.29) is 28.9 Å². The number of rotatable bonds is 7. The van der Waals surface area contributed by atoms with Crippen LogP contribution in [0.25, 0.3) is 0 Å². The van der Waals surface area contributed by atoms with Gasteiger partial charge < -0.3 is 15.2 Å². The van der Waals surface area contributed by atoms with E-state index in [9.17, 15) is 9.59 Å². The molecule has 20 heavy (non-hydrogen) atoms. The third-order valence-electron chi connectivity index (χ3n) is 2.73. The Kier molecular flexibility index (Phi) is 6.57. The molecule has 0 aliphatic rings. The van der Waals surface area contributed by atoms with E-state index in [0.29, 0.717) is 11.6 Å². The van der Waals surface area contributed by atoms with Crippen LogP contribution < -0.4 is 10.6 Å². The zero-order chi connectivity index (χ0) is 15.1.